The minimum Gasteiger partial charge on any atom is -0.465 e. The topological polar surface area (TPSA) is 66.2 Å². The molecule has 0 aliphatic heterocycles. The van der Waals surface area contributed by atoms with Crippen LogP contribution in [0.3, 0.4) is 0 Å². The number of carbonyl (C=O) groups excluding carboxylic acids is 1. The molecule has 0 bridgehead atoms. The normalized spacial score (nSPS) is 14.0. The van der Waals surface area contributed by atoms with Crippen LogP contribution in [0.15, 0.2) is 30.3 Å². The van der Waals surface area contributed by atoms with Crippen molar-refractivity contribution in [3.63, 3.8) is 0 Å². The fourth-order valence-electron chi connectivity index (χ4n) is 3.17. The highest BCUT2D eigenvalue weighted by Crippen LogP contribution is 2.43. The van der Waals surface area contributed by atoms with E-state index < -0.39 is 12.6 Å². The average molecular weight is 373 g/mol. The zero-order chi connectivity index (χ0) is 19.1. The monoisotopic (exact) mass is 373 g/mol. The van der Waals surface area contributed by atoms with E-state index in [0.29, 0.717) is 33.8 Å². The first-order valence-electron chi connectivity index (χ1n) is 8.49. The van der Waals surface area contributed by atoms with Gasteiger partial charge in [-0.15, -0.1) is 0 Å². The van der Waals surface area contributed by atoms with Crippen LogP contribution in [-0.2, 0) is 11.8 Å². The Balaban J connectivity index is 1.90. The highest BCUT2D eigenvalue weighted by molar-refractivity contribution is 6.05. The number of rotatable bonds is 5. The molecule has 8 heteroatoms. The lowest BCUT2D eigenvalue weighted by molar-refractivity contribution is -0.0498. The predicted molar refractivity (Wildman–Crippen MR) is 93.9 cm³/mol. The molecule has 1 aliphatic rings. The number of hydrogen-bond acceptors (Lipinski definition) is 5. The minimum absolute atomic E-state index is 0.0210. The van der Waals surface area contributed by atoms with Crippen LogP contribution in [0, 0.1) is 0 Å². The number of hydrogen-bond donors (Lipinski definition) is 0. The van der Waals surface area contributed by atoms with Crippen molar-refractivity contribution in [2.75, 3.05) is 7.11 Å². The van der Waals surface area contributed by atoms with Gasteiger partial charge in [0.25, 0.3) is 0 Å². The predicted octanol–water partition coefficient (Wildman–Crippen LogP) is 3.90. The van der Waals surface area contributed by atoms with Gasteiger partial charge in [0.2, 0.25) is 0 Å². The van der Waals surface area contributed by atoms with E-state index in [1.807, 2.05) is 0 Å². The average Bonchev–Trinajstić information content (AvgIpc) is 3.44. The molecule has 0 saturated heterocycles. The van der Waals surface area contributed by atoms with E-state index >= 15 is 0 Å². The van der Waals surface area contributed by atoms with Crippen molar-refractivity contribution in [3.8, 4) is 17.0 Å². The summed E-state index contributed by atoms with van der Waals surface area (Å²) in [5.41, 5.74) is 2.77. The Morgan fingerprint density at radius 2 is 2.07 bits per heavy atom. The van der Waals surface area contributed by atoms with Crippen molar-refractivity contribution in [1.82, 2.24) is 14.8 Å². The Morgan fingerprint density at radius 1 is 1.30 bits per heavy atom. The molecule has 0 N–H and O–H groups in total. The Kier molecular flexibility index (Phi) is 4.25. The molecule has 140 valence electrons. The number of ether oxygens (including phenoxy) is 2. The maximum atomic E-state index is 12.5. The van der Waals surface area contributed by atoms with Gasteiger partial charge in [0.15, 0.2) is 5.65 Å². The zero-order valence-corrected chi connectivity index (χ0v) is 14.8. The summed E-state index contributed by atoms with van der Waals surface area (Å²) in [5, 5.41) is 5.23. The highest BCUT2D eigenvalue weighted by atomic mass is 19.3. The van der Waals surface area contributed by atoms with Crippen molar-refractivity contribution in [2.24, 2.45) is 7.05 Å². The van der Waals surface area contributed by atoms with Crippen LogP contribution >= 0.6 is 0 Å². The molecule has 0 unspecified atom stereocenters. The quantitative estimate of drug-likeness (QED) is 0.635. The van der Waals surface area contributed by atoms with E-state index in [-0.39, 0.29) is 5.75 Å². The van der Waals surface area contributed by atoms with Gasteiger partial charge < -0.3 is 9.47 Å². The van der Waals surface area contributed by atoms with Crippen LogP contribution < -0.4 is 4.74 Å². The summed E-state index contributed by atoms with van der Waals surface area (Å²) in [5.74, 6) is -0.140. The Labute approximate surface area is 153 Å². The Hall–Kier alpha value is -3.03. The Bertz CT molecular complexity index is 1030. The largest absolute Gasteiger partial charge is 0.465 e. The van der Waals surface area contributed by atoms with Gasteiger partial charge in [-0.3, -0.25) is 4.68 Å². The number of alkyl halides is 2. The number of carbonyl (C=O) groups is 1. The summed E-state index contributed by atoms with van der Waals surface area (Å²) in [7, 11) is 3.08. The van der Waals surface area contributed by atoms with Crippen LogP contribution in [0.1, 0.15) is 34.8 Å². The van der Waals surface area contributed by atoms with Crippen molar-refractivity contribution in [1.29, 1.82) is 0 Å². The molecule has 1 aliphatic carbocycles. The van der Waals surface area contributed by atoms with Crippen molar-refractivity contribution in [2.45, 2.75) is 25.4 Å². The third-order valence-corrected chi connectivity index (χ3v) is 4.55. The molecule has 4 rings (SSSR count). The van der Waals surface area contributed by atoms with E-state index in [1.54, 1.807) is 29.9 Å². The number of halogens is 2. The lowest BCUT2D eigenvalue weighted by Crippen LogP contribution is -2.05. The van der Waals surface area contributed by atoms with Gasteiger partial charge in [-0.1, -0.05) is 12.1 Å². The SMILES string of the molecule is COC(=O)c1cc(-c2cccc(OC(F)F)c2)nc2c1c(C1CC1)nn2C. The van der Waals surface area contributed by atoms with Crippen LogP contribution in [0.25, 0.3) is 22.3 Å². The number of pyridine rings is 1. The third-order valence-electron chi connectivity index (χ3n) is 4.55. The molecular weight excluding hydrogens is 356 g/mol. The van der Waals surface area contributed by atoms with E-state index in [2.05, 4.69) is 14.8 Å². The molecule has 0 atom stereocenters. The second-order valence-electron chi connectivity index (χ2n) is 6.43. The zero-order valence-electron chi connectivity index (χ0n) is 14.8. The molecule has 3 aromatic rings. The van der Waals surface area contributed by atoms with Gasteiger partial charge in [0, 0.05) is 18.5 Å². The molecule has 6 nitrogen and oxygen atoms in total. The molecule has 0 amide bonds. The minimum atomic E-state index is -2.92. The summed E-state index contributed by atoms with van der Waals surface area (Å²) in [6.45, 7) is -2.92. The number of esters is 1. The van der Waals surface area contributed by atoms with Crippen LogP contribution in [-0.4, -0.2) is 34.5 Å². The van der Waals surface area contributed by atoms with E-state index in [0.717, 1.165) is 18.5 Å². The van der Waals surface area contributed by atoms with Gasteiger partial charge in [-0.2, -0.15) is 13.9 Å². The summed E-state index contributed by atoms with van der Waals surface area (Å²) in [4.78, 5) is 17.0. The number of fused-ring (bicyclic) bond motifs is 1. The van der Waals surface area contributed by atoms with Crippen LogP contribution in [0.2, 0.25) is 0 Å². The van der Waals surface area contributed by atoms with Crippen molar-refractivity contribution < 1.29 is 23.0 Å². The summed E-state index contributed by atoms with van der Waals surface area (Å²) in [6, 6.07) is 7.81. The second-order valence-corrected chi connectivity index (χ2v) is 6.43. The summed E-state index contributed by atoms with van der Waals surface area (Å²) >= 11 is 0. The van der Waals surface area contributed by atoms with Crippen LogP contribution in [0.5, 0.6) is 5.75 Å². The first-order valence-corrected chi connectivity index (χ1v) is 8.49. The molecule has 2 heterocycles. The molecule has 2 aromatic heterocycles. The smallest absolute Gasteiger partial charge is 0.387 e. The molecule has 1 saturated carbocycles. The Morgan fingerprint density at radius 3 is 2.74 bits per heavy atom. The van der Waals surface area contributed by atoms with E-state index in [9.17, 15) is 13.6 Å². The maximum Gasteiger partial charge on any atom is 0.387 e. The number of aromatic nitrogens is 3. The first-order chi connectivity index (χ1) is 13.0. The lowest BCUT2D eigenvalue weighted by Gasteiger charge is -2.09. The summed E-state index contributed by atoms with van der Waals surface area (Å²) in [6.07, 6.45) is 2.06. The van der Waals surface area contributed by atoms with Gasteiger partial charge in [-0.05, 0) is 31.0 Å². The molecular formula is C19H17F2N3O3. The first kappa shape index (κ1) is 17.4. The number of aryl methyl sites for hydroxylation is 1. The standard InChI is InChI=1S/C19H17F2N3O3/c1-24-17-15(16(23-24)10-6-7-10)13(18(25)26-2)9-14(22-17)11-4-3-5-12(8-11)27-19(20)21/h3-5,8-10,19H,6-7H2,1-2H3. The molecule has 0 spiro atoms. The van der Waals surface area contributed by atoms with E-state index in [4.69, 9.17) is 4.74 Å². The van der Waals surface area contributed by atoms with E-state index in [1.165, 1.54) is 19.2 Å². The summed E-state index contributed by atoms with van der Waals surface area (Å²) < 4.78 is 36.1. The lowest BCUT2D eigenvalue weighted by atomic mass is 10.0. The molecule has 1 fully saturated rings. The van der Waals surface area contributed by atoms with Gasteiger partial charge >= 0.3 is 12.6 Å². The van der Waals surface area contributed by atoms with Gasteiger partial charge in [-0.25, -0.2) is 9.78 Å². The highest BCUT2D eigenvalue weighted by Gasteiger charge is 2.32. The number of nitrogens with zero attached hydrogens (tertiary/aromatic N) is 3. The van der Waals surface area contributed by atoms with Gasteiger partial charge in [0.1, 0.15) is 5.75 Å². The van der Waals surface area contributed by atoms with Crippen LogP contribution in [0.4, 0.5) is 8.78 Å². The molecule has 1 aromatic carbocycles. The molecule has 27 heavy (non-hydrogen) atoms. The van der Waals surface area contributed by atoms with Crippen molar-refractivity contribution >= 4 is 17.0 Å². The third kappa shape index (κ3) is 3.22. The second kappa shape index (κ2) is 6.61. The maximum absolute atomic E-state index is 12.5. The van der Waals surface area contributed by atoms with Crippen molar-refractivity contribution in [3.05, 3.63) is 41.6 Å². The fraction of sp³-hybridized carbons (Fsp3) is 0.316. The van der Waals surface area contributed by atoms with Gasteiger partial charge in [0.05, 0.1) is 29.4 Å². The number of benzene rings is 1. The fourth-order valence-corrected chi connectivity index (χ4v) is 3.17. The molecule has 0 radical (unpaired) electrons. The number of methoxy groups -OCH3 is 1.